The number of hydrogen-bond acceptors (Lipinski definition) is 15. The van der Waals surface area contributed by atoms with Gasteiger partial charge in [-0.15, -0.1) is 0 Å². The molecule has 0 spiro atoms. The molecule has 0 bridgehead atoms. The van der Waals surface area contributed by atoms with Crippen molar-refractivity contribution in [1.82, 2.24) is 102 Å². The molecule has 0 N–H and O–H groups in total. The van der Waals surface area contributed by atoms with E-state index in [4.69, 9.17) is 58.0 Å². The first-order valence-corrected chi connectivity index (χ1v) is 45.3. The molecule has 0 aliphatic heterocycles. The van der Waals surface area contributed by atoms with Crippen LogP contribution in [0.5, 0.6) is 0 Å². The van der Waals surface area contributed by atoms with Gasteiger partial charge >= 0.3 is 0 Å². The fourth-order valence-electron chi connectivity index (χ4n) is 16.0. The Hall–Kier alpha value is -16.8. The third kappa shape index (κ3) is 23.3. The van der Waals surface area contributed by atoms with Gasteiger partial charge in [0, 0.05) is 235 Å². The zero-order valence-corrected chi connectivity index (χ0v) is 78.2. The Kier molecular flexibility index (Phi) is 34.6. The van der Waals surface area contributed by atoms with Crippen LogP contribution in [0.15, 0.2) is 373 Å². The van der Waals surface area contributed by atoms with Gasteiger partial charge < -0.3 is 13.2 Å². The fraction of sp³-hybridized carbons (Fsp3) is 0.0870. The van der Waals surface area contributed by atoms with Gasteiger partial charge in [-0.1, -0.05) is 145 Å². The molecule has 0 amide bonds. The van der Waals surface area contributed by atoms with Crippen molar-refractivity contribution in [2.75, 3.05) is 0 Å². The lowest BCUT2D eigenvalue weighted by atomic mass is 9.97. The quantitative estimate of drug-likeness (QED) is 0.0820. The van der Waals surface area contributed by atoms with Crippen LogP contribution in [0.3, 0.4) is 0 Å². The highest BCUT2D eigenvalue weighted by atomic mass is 35.5. The van der Waals surface area contributed by atoms with Crippen LogP contribution in [0.4, 0.5) is 22.0 Å². The largest absolute Gasteiger partial charge is 0.306 e. The maximum Gasteiger partial charge on any atom is 0.153 e. The zero-order valence-electron chi connectivity index (χ0n) is 74.4. The lowest BCUT2D eigenvalue weighted by Crippen LogP contribution is -1.96. The van der Waals surface area contributed by atoms with Crippen molar-refractivity contribution in [3.63, 3.8) is 0 Å². The third-order valence-corrected chi connectivity index (χ3v) is 24.1. The van der Waals surface area contributed by atoms with Crippen molar-refractivity contribution < 1.29 is 22.0 Å². The highest BCUT2D eigenvalue weighted by molar-refractivity contribution is 6.32. The van der Waals surface area contributed by atoms with Crippen molar-refractivity contribution in [3.8, 4) is 135 Å². The summed E-state index contributed by atoms with van der Waals surface area (Å²) >= 11 is 30.0. The van der Waals surface area contributed by atoms with Gasteiger partial charge in [-0.2, -0.15) is 15.3 Å². The molecule has 146 heavy (non-hydrogen) atoms. The first-order valence-electron chi connectivity index (χ1n) is 43.4. The van der Waals surface area contributed by atoms with E-state index in [1.54, 1.807) is 137 Å². The van der Waals surface area contributed by atoms with E-state index in [0.717, 1.165) is 158 Å². The van der Waals surface area contributed by atoms with Crippen molar-refractivity contribution in [3.05, 3.63) is 449 Å². The molecule has 21 nitrogen and oxygen atoms in total. The molecule has 6 aromatic carbocycles. The monoisotopic (exact) mass is 2040 g/mol. The number of nitrogens with zero attached hydrogens (tertiary/aromatic N) is 21. The summed E-state index contributed by atoms with van der Waals surface area (Å²) in [5.41, 5.74) is 27.9. The van der Waals surface area contributed by atoms with Gasteiger partial charge in [-0.25, -0.2) is 65.4 Å². The van der Waals surface area contributed by atoms with E-state index in [1.165, 1.54) is 35.9 Å². The number of hydrogen-bond donors (Lipinski definition) is 0. The summed E-state index contributed by atoms with van der Waals surface area (Å²) in [5, 5.41) is 15.5. The SMILES string of the molecule is C.C.C.C.C.C.Cc1cc(-c2ncccc2-c2ccc3nccn3n2)ccc1F.Cc1cc2nccn2cc1-c1cccnc1-c1cc(Cl)c(F)cc1F.Cc1cc2nccn2cc1-c1cccnc1-c1cc(Cl)ccc1F.Cc1cc2nccn2cc1-c1cccnc1-c1cccc(Cl)c1.Clc1cccc(-c2ncccc2-c2ccc3nccn3n2)c1.Fc1ccc(-c2ncccc2-c2ccc3nccn3n2)cc1Cl. The molecule has 31 heteroatoms. The highest BCUT2D eigenvalue weighted by Crippen LogP contribution is 2.41. The number of aromatic nitrogens is 21. The summed E-state index contributed by atoms with van der Waals surface area (Å²) in [6, 6.07) is 72.1. The van der Waals surface area contributed by atoms with E-state index in [0.29, 0.717) is 43.3 Å². The van der Waals surface area contributed by atoms with Gasteiger partial charge in [0.1, 0.15) is 46.0 Å². The van der Waals surface area contributed by atoms with E-state index < -0.39 is 17.5 Å². The first-order chi connectivity index (χ1) is 68.1. The number of halogens is 10. The Labute approximate surface area is 865 Å². The van der Waals surface area contributed by atoms with E-state index >= 15 is 0 Å². The minimum atomic E-state index is -0.795. The first kappa shape index (κ1) is 107. The van der Waals surface area contributed by atoms with Crippen molar-refractivity contribution >= 4 is 91.9 Å². The molecule has 0 unspecified atom stereocenters. The van der Waals surface area contributed by atoms with E-state index in [9.17, 15) is 22.0 Å². The van der Waals surface area contributed by atoms with Crippen LogP contribution >= 0.6 is 58.0 Å². The molecule has 18 heterocycles. The normalized spacial score (nSPS) is 10.6. The second-order valence-electron chi connectivity index (χ2n) is 31.9. The molecular formula is C115H97Cl5F5N21. The summed E-state index contributed by atoms with van der Waals surface area (Å²) in [6.07, 6.45) is 37.7. The van der Waals surface area contributed by atoms with Gasteiger partial charge in [0.2, 0.25) is 0 Å². The molecular weight excluding hydrogens is 1950 g/mol. The Bertz CT molecular complexity index is 8580. The average Bonchev–Trinajstić information content (AvgIpc) is 1.60. The van der Waals surface area contributed by atoms with Crippen LogP contribution in [-0.4, -0.2) is 102 Å². The minimum absolute atomic E-state index is 0. The van der Waals surface area contributed by atoms with Gasteiger partial charge in [0.15, 0.2) is 16.9 Å². The molecule has 0 radical (unpaired) electrons. The van der Waals surface area contributed by atoms with Gasteiger partial charge in [0.25, 0.3) is 0 Å². The minimum Gasteiger partial charge on any atom is -0.306 e. The second kappa shape index (κ2) is 47.4. The third-order valence-electron chi connectivity index (χ3n) is 22.8. The smallest absolute Gasteiger partial charge is 0.153 e. The number of aryl methyl sites for hydroxylation is 4. The Morgan fingerprint density at radius 2 is 0.521 bits per heavy atom. The summed E-state index contributed by atoms with van der Waals surface area (Å²) in [5.74, 6) is -2.52. The van der Waals surface area contributed by atoms with Crippen molar-refractivity contribution in [2.24, 2.45) is 0 Å². The van der Waals surface area contributed by atoms with Gasteiger partial charge in [-0.05, 0) is 244 Å². The molecule has 0 atom stereocenters. The summed E-state index contributed by atoms with van der Waals surface area (Å²) in [6.45, 7) is 7.81. The van der Waals surface area contributed by atoms with Crippen molar-refractivity contribution in [1.29, 1.82) is 0 Å². The molecule has 0 saturated heterocycles. The average molecular weight is 2050 g/mol. The number of fused-ring (bicyclic) bond motifs is 6. The topological polar surface area (TPSA) is 220 Å². The van der Waals surface area contributed by atoms with E-state index in [2.05, 4.69) is 100 Å². The molecule has 24 rings (SSSR count). The maximum absolute atomic E-state index is 14.4. The van der Waals surface area contributed by atoms with Crippen LogP contribution in [0.1, 0.15) is 66.8 Å². The van der Waals surface area contributed by atoms with Gasteiger partial charge in [0.05, 0.1) is 61.3 Å². The highest BCUT2D eigenvalue weighted by Gasteiger charge is 2.23. The molecule has 24 aromatic rings. The molecule has 18 aromatic heterocycles. The van der Waals surface area contributed by atoms with Crippen LogP contribution in [-0.2, 0) is 0 Å². The molecule has 0 fully saturated rings. The number of imidazole rings is 6. The lowest BCUT2D eigenvalue weighted by Gasteiger charge is -2.13. The summed E-state index contributed by atoms with van der Waals surface area (Å²) < 4.78 is 80.2. The lowest BCUT2D eigenvalue weighted by molar-refractivity contribution is 0.585. The molecule has 732 valence electrons. The maximum atomic E-state index is 14.4. The molecule has 0 aliphatic carbocycles. The fourth-order valence-corrected chi connectivity index (χ4v) is 16.9. The number of pyridine rings is 9. The van der Waals surface area contributed by atoms with Crippen LogP contribution in [0, 0.1) is 56.8 Å². The van der Waals surface area contributed by atoms with Crippen molar-refractivity contribution in [2.45, 2.75) is 72.3 Å². The molecule has 0 saturated carbocycles. The molecule has 0 aliphatic rings. The van der Waals surface area contributed by atoms with E-state index in [1.807, 2.05) is 228 Å². The number of benzene rings is 6. The predicted molar refractivity (Wildman–Crippen MR) is 581 cm³/mol. The summed E-state index contributed by atoms with van der Waals surface area (Å²) in [7, 11) is 0. The standard InChI is InChI=1S/C19H12ClF2N3.C19H13ClFN3.C19H14ClN3.C18H13FN4.C17H10ClFN4.C17H11ClN4.6CH4/c1-11-7-18-23-5-6-25(18)10-14(11)12-3-2-4-24-19(12)13-8-15(20)17(22)9-16(13)21;1-12-9-18-22-7-8-24(18)11-16(12)14-3-2-6-23-19(14)15-10-13(20)4-5-17(15)21;1-13-10-18-21-8-9-23(18)12-17(13)16-6-3-7-22-19(16)14-4-2-5-15(20)11-14;1-12-11-13(4-5-15(12)19)18-14(3-2-8-21-18)16-6-7-17-20-9-10-23(17)22-16;18-13-10-11(3-4-14(13)19)17-12(2-1-7-21-17)15-5-6-16-20-8-9-23(16)22-15;18-13-4-1-3-12(11-13)17-14(5-2-8-20-17)15-6-7-16-19-9-10-22(16)21-15;;;;;;/h2-10H,1H3;2-11H,1H3;2-12H,1H3;2-11H,1H3;1-10H;1-11H;6*1H4. The Morgan fingerprint density at radius 3 is 0.904 bits per heavy atom. The zero-order chi connectivity index (χ0) is 96.6. The van der Waals surface area contributed by atoms with Crippen LogP contribution in [0.25, 0.3) is 169 Å². The van der Waals surface area contributed by atoms with Crippen LogP contribution < -0.4 is 0 Å². The number of rotatable bonds is 12. The van der Waals surface area contributed by atoms with Crippen LogP contribution in [0.2, 0.25) is 25.1 Å². The predicted octanol–water partition coefficient (Wildman–Crippen LogP) is 31.6. The Balaban J connectivity index is 0.000000145. The van der Waals surface area contributed by atoms with Gasteiger partial charge in [-0.3, -0.25) is 29.9 Å². The Morgan fingerprint density at radius 1 is 0.205 bits per heavy atom. The summed E-state index contributed by atoms with van der Waals surface area (Å²) in [4.78, 5) is 52.2. The second-order valence-corrected chi connectivity index (χ2v) is 34.0. The van der Waals surface area contributed by atoms with E-state index in [-0.39, 0.29) is 71.8 Å².